The van der Waals surface area contributed by atoms with E-state index in [4.69, 9.17) is 34.8 Å². The molecule has 198 valence electrons. The Kier molecular flexibility index (Phi) is 9.09. The molecule has 0 bridgehead atoms. The molecule has 0 aliphatic heterocycles. The SMILES string of the molecule is O=C(Cc1ccc(F)c(Cl)c1)Nc1ccc(Cl)c(C(=O)NCCNC(=O)N[C@@H]2CCc3ccccc32)c1Cl. The maximum Gasteiger partial charge on any atom is 0.315 e. The minimum atomic E-state index is -0.581. The third kappa shape index (κ3) is 6.75. The summed E-state index contributed by atoms with van der Waals surface area (Å²) in [5.41, 5.74) is 3.04. The number of urea groups is 1. The van der Waals surface area contributed by atoms with Crippen LogP contribution in [-0.4, -0.2) is 30.9 Å². The van der Waals surface area contributed by atoms with Gasteiger partial charge in [-0.2, -0.15) is 0 Å². The molecule has 3 aromatic rings. The molecule has 3 aromatic carbocycles. The van der Waals surface area contributed by atoms with Gasteiger partial charge in [-0.25, -0.2) is 9.18 Å². The van der Waals surface area contributed by atoms with Crippen molar-refractivity contribution in [3.05, 3.63) is 97.7 Å². The number of halogens is 4. The van der Waals surface area contributed by atoms with E-state index in [2.05, 4.69) is 27.3 Å². The molecule has 0 spiro atoms. The van der Waals surface area contributed by atoms with Crippen LogP contribution in [0.1, 0.15) is 39.5 Å². The van der Waals surface area contributed by atoms with Crippen molar-refractivity contribution in [3.8, 4) is 0 Å². The number of nitrogens with one attached hydrogen (secondary N) is 4. The van der Waals surface area contributed by atoms with Gasteiger partial charge >= 0.3 is 6.03 Å². The fourth-order valence-electron chi connectivity index (χ4n) is 4.24. The van der Waals surface area contributed by atoms with Gasteiger partial charge in [0.2, 0.25) is 5.91 Å². The summed E-state index contributed by atoms with van der Waals surface area (Å²) >= 11 is 18.4. The number of fused-ring (bicyclic) bond motifs is 1. The molecule has 4 amide bonds. The molecule has 0 fully saturated rings. The Morgan fingerprint density at radius 1 is 0.921 bits per heavy atom. The Morgan fingerprint density at radius 3 is 2.47 bits per heavy atom. The zero-order chi connectivity index (χ0) is 27.2. The zero-order valence-corrected chi connectivity index (χ0v) is 22.3. The number of carbonyl (C=O) groups is 3. The van der Waals surface area contributed by atoms with Gasteiger partial charge in [-0.1, -0.05) is 65.1 Å². The van der Waals surface area contributed by atoms with Gasteiger partial charge in [0.1, 0.15) is 5.82 Å². The van der Waals surface area contributed by atoms with Crippen molar-refractivity contribution in [3.63, 3.8) is 0 Å². The number of amides is 4. The predicted molar refractivity (Wildman–Crippen MR) is 147 cm³/mol. The average molecular weight is 578 g/mol. The summed E-state index contributed by atoms with van der Waals surface area (Å²) in [4.78, 5) is 37.6. The highest BCUT2D eigenvalue weighted by atomic mass is 35.5. The quantitative estimate of drug-likeness (QED) is 0.259. The summed E-state index contributed by atoms with van der Waals surface area (Å²) in [6, 6.07) is 14.5. The fraction of sp³-hybridized carbons (Fsp3) is 0.222. The minimum absolute atomic E-state index is 0.0111. The van der Waals surface area contributed by atoms with Gasteiger partial charge in [0.15, 0.2) is 0 Å². The Balaban J connectivity index is 1.28. The van der Waals surface area contributed by atoms with Crippen LogP contribution >= 0.6 is 34.8 Å². The molecule has 38 heavy (non-hydrogen) atoms. The molecule has 4 N–H and O–H groups in total. The van der Waals surface area contributed by atoms with Crippen molar-refractivity contribution in [2.75, 3.05) is 18.4 Å². The number of hydrogen-bond acceptors (Lipinski definition) is 3. The number of rotatable bonds is 8. The van der Waals surface area contributed by atoms with Crippen LogP contribution in [0.15, 0.2) is 54.6 Å². The highest BCUT2D eigenvalue weighted by Gasteiger charge is 2.23. The monoisotopic (exact) mass is 576 g/mol. The summed E-state index contributed by atoms with van der Waals surface area (Å²) in [6.45, 7) is 0.305. The molecule has 1 aliphatic rings. The Bertz CT molecular complexity index is 1390. The van der Waals surface area contributed by atoms with E-state index >= 15 is 0 Å². The molecule has 0 unspecified atom stereocenters. The zero-order valence-electron chi connectivity index (χ0n) is 20.0. The molecular weight excluding hydrogens is 554 g/mol. The third-order valence-corrected chi connectivity index (χ3v) is 7.07. The first-order chi connectivity index (χ1) is 18.2. The van der Waals surface area contributed by atoms with E-state index < -0.39 is 17.6 Å². The summed E-state index contributed by atoms with van der Waals surface area (Å²) in [6.07, 6.45) is 1.67. The van der Waals surface area contributed by atoms with Gasteiger partial charge in [0, 0.05) is 13.1 Å². The smallest absolute Gasteiger partial charge is 0.315 e. The number of benzene rings is 3. The predicted octanol–water partition coefficient (Wildman–Crippen LogP) is 5.68. The molecule has 11 heteroatoms. The van der Waals surface area contributed by atoms with E-state index in [9.17, 15) is 18.8 Å². The molecule has 4 rings (SSSR count). The largest absolute Gasteiger partial charge is 0.350 e. The molecule has 1 aliphatic carbocycles. The highest BCUT2D eigenvalue weighted by Crippen LogP contribution is 2.32. The van der Waals surface area contributed by atoms with Crippen molar-refractivity contribution >= 4 is 58.3 Å². The lowest BCUT2D eigenvalue weighted by atomic mass is 10.1. The van der Waals surface area contributed by atoms with Crippen molar-refractivity contribution in [1.82, 2.24) is 16.0 Å². The van der Waals surface area contributed by atoms with Crippen molar-refractivity contribution in [2.45, 2.75) is 25.3 Å². The van der Waals surface area contributed by atoms with Crippen molar-refractivity contribution in [2.24, 2.45) is 0 Å². The van der Waals surface area contributed by atoms with E-state index in [1.54, 1.807) is 0 Å². The Hall–Kier alpha value is -3.33. The van der Waals surface area contributed by atoms with Gasteiger partial charge in [-0.3, -0.25) is 9.59 Å². The van der Waals surface area contributed by atoms with Crippen LogP contribution in [0.25, 0.3) is 0 Å². The van der Waals surface area contributed by atoms with Crippen LogP contribution in [0.4, 0.5) is 14.9 Å². The molecule has 0 saturated carbocycles. The van der Waals surface area contributed by atoms with Crippen LogP contribution in [-0.2, 0) is 17.6 Å². The van der Waals surface area contributed by atoms with Crippen LogP contribution in [0.2, 0.25) is 15.1 Å². The van der Waals surface area contributed by atoms with Crippen molar-refractivity contribution in [1.29, 1.82) is 0 Å². The normalized spacial score (nSPS) is 13.9. The minimum Gasteiger partial charge on any atom is -0.350 e. The lowest BCUT2D eigenvalue weighted by Crippen LogP contribution is -2.41. The fourth-order valence-corrected chi connectivity index (χ4v) is 5.04. The number of aryl methyl sites for hydroxylation is 1. The second-order valence-corrected chi connectivity index (χ2v) is 9.90. The van der Waals surface area contributed by atoms with Gasteiger partial charge < -0.3 is 21.3 Å². The average Bonchev–Trinajstić information content (AvgIpc) is 3.28. The van der Waals surface area contributed by atoms with Crippen molar-refractivity contribution < 1.29 is 18.8 Å². The number of hydrogen-bond donors (Lipinski definition) is 4. The standard InChI is InChI=1S/C27H24Cl3FN4O3/c28-18-7-10-22(34-23(36)14-15-5-8-20(31)19(29)13-15)25(30)24(18)26(37)32-11-12-33-27(38)35-21-9-6-16-3-1-2-4-17(16)21/h1-5,7-8,10,13,21H,6,9,11-12,14H2,(H,32,37)(H,34,36)(H2,33,35,38)/t21-/m1/s1. The van der Waals surface area contributed by atoms with Gasteiger partial charge in [0.25, 0.3) is 5.91 Å². The molecule has 1 atom stereocenters. The van der Waals surface area contributed by atoms with E-state index in [0.29, 0.717) is 5.56 Å². The molecule has 0 aromatic heterocycles. The van der Waals surface area contributed by atoms with E-state index in [1.165, 1.54) is 35.9 Å². The molecular formula is C27H24Cl3FN4O3. The lowest BCUT2D eigenvalue weighted by Gasteiger charge is -2.15. The van der Waals surface area contributed by atoms with Gasteiger partial charge in [-0.15, -0.1) is 0 Å². The maximum absolute atomic E-state index is 13.4. The van der Waals surface area contributed by atoms with Crippen LogP contribution in [0.3, 0.4) is 0 Å². The van der Waals surface area contributed by atoms with Gasteiger partial charge in [0.05, 0.1) is 38.8 Å². The van der Waals surface area contributed by atoms with E-state index in [1.807, 2.05) is 18.2 Å². The summed E-state index contributed by atoms with van der Waals surface area (Å²) in [5, 5.41) is 10.9. The molecule has 0 radical (unpaired) electrons. The first-order valence-corrected chi connectivity index (χ1v) is 13.0. The summed E-state index contributed by atoms with van der Waals surface area (Å²) in [5.74, 6) is -1.58. The highest BCUT2D eigenvalue weighted by molar-refractivity contribution is 6.41. The maximum atomic E-state index is 13.4. The lowest BCUT2D eigenvalue weighted by molar-refractivity contribution is -0.115. The summed E-state index contributed by atoms with van der Waals surface area (Å²) in [7, 11) is 0. The Morgan fingerprint density at radius 2 is 1.68 bits per heavy atom. The summed E-state index contributed by atoms with van der Waals surface area (Å²) < 4.78 is 13.4. The molecule has 7 nitrogen and oxygen atoms in total. The Labute approximate surface area is 234 Å². The number of carbonyl (C=O) groups excluding carboxylic acids is 3. The second kappa shape index (κ2) is 12.5. The first-order valence-electron chi connectivity index (χ1n) is 11.8. The van der Waals surface area contributed by atoms with E-state index in [-0.39, 0.29) is 57.9 Å². The van der Waals surface area contributed by atoms with Gasteiger partial charge in [-0.05, 0) is 53.8 Å². The topological polar surface area (TPSA) is 99.3 Å². The van der Waals surface area contributed by atoms with Crippen LogP contribution < -0.4 is 21.3 Å². The number of anilines is 1. The van der Waals surface area contributed by atoms with Crippen LogP contribution in [0, 0.1) is 5.82 Å². The molecule has 0 heterocycles. The molecule has 0 saturated heterocycles. The van der Waals surface area contributed by atoms with E-state index in [0.717, 1.165) is 18.4 Å². The first kappa shape index (κ1) is 27.7. The van der Waals surface area contributed by atoms with Crippen LogP contribution in [0.5, 0.6) is 0 Å². The third-order valence-electron chi connectivity index (χ3n) is 6.08. The second-order valence-electron chi connectivity index (χ2n) is 8.70.